The van der Waals surface area contributed by atoms with Gasteiger partial charge in [0.25, 0.3) is 5.91 Å². The van der Waals surface area contributed by atoms with Crippen molar-refractivity contribution < 1.29 is 19.6 Å². The lowest BCUT2D eigenvalue weighted by Crippen LogP contribution is -2.29. The van der Waals surface area contributed by atoms with Crippen molar-refractivity contribution in [2.24, 2.45) is 0 Å². The smallest absolute Gasteiger partial charge is 0.319 e. The van der Waals surface area contributed by atoms with Gasteiger partial charge in [0.1, 0.15) is 11.3 Å². The average molecular weight is 537 g/mol. The molecule has 2 heterocycles. The van der Waals surface area contributed by atoms with Crippen molar-refractivity contribution >= 4 is 46.2 Å². The molecule has 5 N–H and O–H groups in total. The van der Waals surface area contributed by atoms with Gasteiger partial charge in [-0.1, -0.05) is 19.3 Å². The van der Waals surface area contributed by atoms with E-state index in [1.807, 2.05) is 18.2 Å². The number of carbonyl (C=O) groups excluding carboxylic acids is 3. The Labute approximate surface area is 227 Å². The number of anilines is 3. The van der Waals surface area contributed by atoms with Gasteiger partial charge < -0.3 is 25.4 Å². The topological polar surface area (TPSA) is 154 Å². The van der Waals surface area contributed by atoms with Crippen molar-refractivity contribution in [3.05, 3.63) is 42.2 Å². The Kier molecular flexibility index (Phi) is 9.31. The van der Waals surface area contributed by atoms with Crippen LogP contribution in [0.2, 0.25) is 0 Å². The highest BCUT2D eigenvalue weighted by Gasteiger charge is 2.26. The standard InChI is InChI=1S/C27H36N8O4/c1-34(2)25(37)22-16-18-17-29-26(32-24(18)35(22)21-8-5-6-9-21)30-19-11-13-20(14-12-19)31-27(38)28-15-7-3-4-10-23(36)33-39/h11-14,16-17,21,39H,3-10,15H2,1-2H3,(H,33,36)(H2,28,31,38)(H,29,30,32). The van der Waals surface area contributed by atoms with Gasteiger partial charge in [-0.2, -0.15) is 4.98 Å². The maximum atomic E-state index is 12.9. The maximum Gasteiger partial charge on any atom is 0.319 e. The molecule has 4 rings (SSSR count). The molecular formula is C27H36N8O4. The van der Waals surface area contributed by atoms with Gasteiger partial charge in [0.05, 0.1) is 0 Å². The van der Waals surface area contributed by atoms with Gasteiger partial charge >= 0.3 is 6.03 Å². The van der Waals surface area contributed by atoms with Gasteiger partial charge in [0.2, 0.25) is 11.9 Å². The second kappa shape index (κ2) is 13.1. The van der Waals surface area contributed by atoms with Crippen molar-refractivity contribution in [3.63, 3.8) is 0 Å². The molecule has 4 amide bonds. The van der Waals surface area contributed by atoms with Crippen LogP contribution in [0.25, 0.3) is 11.0 Å². The summed E-state index contributed by atoms with van der Waals surface area (Å²) in [5, 5.41) is 18.1. The van der Waals surface area contributed by atoms with Crippen LogP contribution in [0.3, 0.4) is 0 Å². The molecule has 39 heavy (non-hydrogen) atoms. The van der Waals surface area contributed by atoms with E-state index in [0.29, 0.717) is 30.3 Å². The third kappa shape index (κ3) is 7.23. The SMILES string of the molecule is CN(C)C(=O)c1cc2cnc(Nc3ccc(NC(=O)NCCCCCC(=O)NO)cc3)nc2n1C1CCCC1. The maximum absolute atomic E-state index is 12.9. The zero-order valence-corrected chi connectivity index (χ0v) is 22.4. The predicted molar refractivity (Wildman–Crippen MR) is 148 cm³/mol. The number of aromatic nitrogens is 3. The molecule has 3 aromatic rings. The van der Waals surface area contributed by atoms with Crippen LogP contribution in [0.15, 0.2) is 36.5 Å². The van der Waals surface area contributed by atoms with Crippen LogP contribution in [-0.4, -0.2) is 63.1 Å². The fraction of sp³-hybridized carbons (Fsp3) is 0.444. The highest BCUT2D eigenvalue weighted by Crippen LogP contribution is 2.35. The first-order valence-corrected chi connectivity index (χ1v) is 13.3. The molecular weight excluding hydrogens is 500 g/mol. The van der Waals surface area contributed by atoms with Gasteiger partial charge in [-0.05, 0) is 56.0 Å². The number of hydrogen-bond acceptors (Lipinski definition) is 7. The molecule has 2 aromatic heterocycles. The molecule has 1 fully saturated rings. The molecule has 0 bridgehead atoms. The number of rotatable bonds is 11. The molecule has 12 nitrogen and oxygen atoms in total. The molecule has 0 aliphatic heterocycles. The molecule has 0 saturated heterocycles. The van der Waals surface area contributed by atoms with Gasteiger partial charge in [0.15, 0.2) is 0 Å². The van der Waals surface area contributed by atoms with Crippen molar-refractivity contribution in [1.82, 2.24) is 30.2 Å². The first kappa shape index (κ1) is 27.8. The van der Waals surface area contributed by atoms with Crippen LogP contribution >= 0.6 is 0 Å². The van der Waals surface area contributed by atoms with Crippen molar-refractivity contribution in [2.75, 3.05) is 31.3 Å². The van der Waals surface area contributed by atoms with Crippen LogP contribution < -0.4 is 21.4 Å². The second-order valence-electron chi connectivity index (χ2n) is 9.94. The van der Waals surface area contributed by atoms with Crippen LogP contribution in [-0.2, 0) is 4.79 Å². The summed E-state index contributed by atoms with van der Waals surface area (Å²) in [6.45, 7) is 0.483. The molecule has 1 aromatic carbocycles. The number of urea groups is 1. The molecule has 1 aliphatic rings. The Morgan fingerprint density at radius 1 is 1.05 bits per heavy atom. The van der Waals surface area contributed by atoms with Gasteiger partial charge in [-0.15, -0.1) is 0 Å². The van der Waals surface area contributed by atoms with E-state index >= 15 is 0 Å². The quantitative estimate of drug-likeness (QED) is 0.140. The normalized spacial score (nSPS) is 13.3. The van der Waals surface area contributed by atoms with E-state index in [2.05, 4.69) is 25.5 Å². The zero-order chi connectivity index (χ0) is 27.8. The Morgan fingerprint density at radius 2 is 1.77 bits per heavy atom. The Morgan fingerprint density at radius 3 is 2.46 bits per heavy atom. The number of nitrogens with zero attached hydrogens (tertiary/aromatic N) is 4. The first-order valence-electron chi connectivity index (χ1n) is 13.3. The summed E-state index contributed by atoms with van der Waals surface area (Å²) >= 11 is 0. The summed E-state index contributed by atoms with van der Waals surface area (Å²) in [5.74, 6) is -0.0256. The summed E-state index contributed by atoms with van der Waals surface area (Å²) in [7, 11) is 3.51. The minimum atomic E-state index is -0.407. The second-order valence-corrected chi connectivity index (χ2v) is 9.94. The fourth-order valence-electron chi connectivity index (χ4n) is 4.78. The van der Waals surface area contributed by atoms with Gasteiger partial charge in [-0.3, -0.25) is 14.8 Å². The predicted octanol–water partition coefficient (Wildman–Crippen LogP) is 4.18. The fourth-order valence-corrected chi connectivity index (χ4v) is 4.78. The highest BCUT2D eigenvalue weighted by molar-refractivity contribution is 5.98. The van der Waals surface area contributed by atoms with Crippen molar-refractivity contribution in [3.8, 4) is 0 Å². The molecule has 208 valence electrons. The van der Waals surface area contributed by atoms with Crippen LogP contribution in [0.4, 0.5) is 22.1 Å². The van der Waals surface area contributed by atoms with E-state index in [9.17, 15) is 14.4 Å². The van der Waals surface area contributed by atoms with E-state index in [4.69, 9.17) is 10.2 Å². The van der Waals surface area contributed by atoms with Crippen molar-refractivity contribution in [2.45, 2.75) is 57.4 Å². The highest BCUT2D eigenvalue weighted by atomic mass is 16.5. The summed E-state index contributed by atoms with van der Waals surface area (Å²) in [6, 6.07) is 9.02. The largest absolute Gasteiger partial charge is 0.343 e. The number of unbranched alkanes of at least 4 members (excludes halogenated alkanes) is 2. The number of fused-ring (bicyclic) bond motifs is 1. The molecule has 0 spiro atoms. The summed E-state index contributed by atoms with van der Waals surface area (Å²) in [4.78, 5) is 46.8. The summed E-state index contributed by atoms with van der Waals surface area (Å²) in [6.07, 6.45) is 8.46. The Bertz CT molecular complexity index is 1300. The van der Waals surface area contributed by atoms with Crippen LogP contribution in [0, 0.1) is 0 Å². The summed E-state index contributed by atoms with van der Waals surface area (Å²) < 4.78 is 2.08. The van der Waals surface area contributed by atoms with Crippen LogP contribution in [0.1, 0.15) is 67.9 Å². The number of carbonyl (C=O) groups is 3. The van der Waals surface area contributed by atoms with E-state index in [0.717, 1.165) is 55.2 Å². The van der Waals surface area contributed by atoms with E-state index in [1.54, 1.807) is 42.8 Å². The minimum absolute atomic E-state index is 0.0476. The van der Waals surface area contributed by atoms with Crippen LogP contribution in [0.5, 0.6) is 0 Å². The Hall–Kier alpha value is -4.19. The van der Waals surface area contributed by atoms with E-state index < -0.39 is 5.91 Å². The number of hydroxylamine groups is 1. The third-order valence-corrected chi connectivity index (χ3v) is 6.78. The lowest BCUT2D eigenvalue weighted by Gasteiger charge is -2.19. The average Bonchev–Trinajstić information content (AvgIpc) is 3.58. The van der Waals surface area contributed by atoms with E-state index in [1.165, 1.54) is 0 Å². The lowest BCUT2D eigenvalue weighted by atomic mass is 10.2. The molecule has 0 radical (unpaired) electrons. The number of hydrogen-bond donors (Lipinski definition) is 5. The van der Waals surface area contributed by atoms with E-state index in [-0.39, 0.29) is 24.4 Å². The van der Waals surface area contributed by atoms with Gasteiger partial charge in [0, 0.05) is 56.1 Å². The number of amides is 4. The molecule has 12 heteroatoms. The third-order valence-electron chi connectivity index (χ3n) is 6.78. The molecule has 1 saturated carbocycles. The summed E-state index contributed by atoms with van der Waals surface area (Å²) in [5.41, 5.74) is 4.38. The zero-order valence-electron chi connectivity index (χ0n) is 22.4. The monoisotopic (exact) mass is 536 g/mol. The molecule has 1 aliphatic carbocycles. The number of nitrogens with one attached hydrogen (secondary N) is 4. The lowest BCUT2D eigenvalue weighted by molar-refractivity contribution is -0.129. The van der Waals surface area contributed by atoms with Gasteiger partial charge in [-0.25, -0.2) is 15.3 Å². The number of benzene rings is 1. The first-order chi connectivity index (χ1) is 18.9. The minimum Gasteiger partial charge on any atom is -0.343 e. The van der Waals surface area contributed by atoms with Crippen molar-refractivity contribution in [1.29, 1.82) is 0 Å². The molecule has 0 unspecified atom stereocenters. The Balaban J connectivity index is 1.36. The molecule has 0 atom stereocenters.